The number of halogens is 2. The van der Waals surface area contributed by atoms with Crippen LogP contribution in [0, 0.1) is 18.6 Å². The molecule has 0 unspecified atom stereocenters. The number of carbonyl (C=O) groups is 1. The summed E-state index contributed by atoms with van der Waals surface area (Å²) in [6.45, 7) is 1.50. The molecular formula is C15H14F2N2O. The van der Waals surface area contributed by atoms with Gasteiger partial charge in [0.25, 0.3) is 0 Å². The summed E-state index contributed by atoms with van der Waals surface area (Å²) < 4.78 is 27.3. The molecule has 3 nitrogen and oxygen atoms in total. The smallest absolute Gasteiger partial charge is 0.229 e. The fourth-order valence-electron chi connectivity index (χ4n) is 1.82. The monoisotopic (exact) mass is 276 g/mol. The van der Waals surface area contributed by atoms with Crippen molar-refractivity contribution >= 4 is 17.3 Å². The lowest BCUT2D eigenvalue weighted by molar-refractivity contribution is -0.115. The van der Waals surface area contributed by atoms with Gasteiger partial charge in [-0.1, -0.05) is 24.3 Å². The molecular weight excluding hydrogens is 262 g/mol. The van der Waals surface area contributed by atoms with Gasteiger partial charge in [-0.25, -0.2) is 8.78 Å². The quantitative estimate of drug-likeness (QED) is 0.847. The van der Waals surface area contributed by atoms with Gasteiger partial charge in [0, 0.05) is 5.69 Å². The highest BCUT2D eigenvalue weighted by Gasteiger charge is 2.15. The van der Waals surface area contributed by atoms with E-state index in [0.29, 0.717) is 11.3 Å². The number of nitrogens with two attached hydrogens (primary N) is 1. The molecule has 5 heteroatoms. The van der Waals surface area contributed by atoms with Gasteiger partial charge in [0.1, 0.15) is 11.5 Å². The first-order valence-corrected chi connectivity index (χ1v) is 6.07. The Kier molecular flexibility index (Phi) is 3.98. The Balaban J connectivity index is 2.17. The second-order valence-electron chi connectivity index (χ2n) is 4.48. The summed E-state index contributed by atoms with van der Waals surface area (Å²) in [6.07, 6.45) is -0.0422. The van der Waals surface area contributed by atoms with Crippen molar-refractivity contribution in [3.05, 3.63) is 59.2 Å². The average Bonchev–Trinajstić information content (AvgIpc) is 2.42. The Morgan fingerprint density at radius 3 is 2.60 bits per heavy atom. The Hall–Kier alpha value is -2.43. The molecule has 3 N–H and O–H groups in total. The number of rotatable bonds is 3. The number of nitrogens with one attached hydrogen (secondary N) is 1. The number of para-hydroxylation sites is 1. The van der Waals surface area contributed by atoms with E-state index in [1.54, 1.807) is 24.3 Å². The van der Waals surface area contributed by atoms with Gasteiger partial charge < -0.3 is 11.1 Å². The fraction of sp³-hybridized carbons (Fsp3) is 0.133. The molecule has 2 aromatic carbocycles. The fourth-order valence-corrected chi connectivity index (χ4v) is 1.82. The van der Waals surface area contributed by atoms with Crippen LogP contribution >= 0.6 is 0 Å². The molecule has 104 valence electrons. The zero-order valence-corrected chi connectivity index (χ0v) is 10.9. The highest BCUT2D eigenvalue weighted by atomic mass is 19.1. The zero-order chi connectivity index (χ0) is 14.7. The van der Waals surface area contributed by atoms with Crippen molar-refractivity contribution in [2.24, 2.45) is 0 Å². The number of hydrogen-bond donors (Lipinski definition) is 2. The van der Waals surface area contributed by atoms with Gasteiger partial charge in [-0.3, -0.25) is 4.79 Å². The van der Waals surface area contributed by atoms with Crippen LogP contribution < -0.4 is 11.1 Å². The molecule has 2 aromatic rings. The molecule has 0 heterocycles. The van der Waals surface area contributed by atoms with Crippen molar-refractivity contribution in [1.29, 1.82) is 0 Å². The number of carbonyl (C=O) groups excluding carboxylic acids is 1. The molecule has 0 bridgehead atoms. The lowest BCUT2D eigenvalue weighted by Gasteiger charge is -2.10. The highest BCUT2D eigenvalue weighted by Crippen LogP contribution is 2.22. The number of amides is 1. The Bertz CT molecular complexity index is 656. The number of nitrogen functional groups attached to an aromatic ring is 1. The second kappa shape index (κ2) is 5.69. The number of hydrogen-bond acceptors (Lipinski definition) is 2. The van der Waals surface area contributed by atoms with Crippen LogP contribution in [-0.2, 0) is 11.2 Å². The summed E-state index contributed by atoms with van der Waals surface area (Å²) in [5.41, 5.74) is 6.63. The minimum atomic E-state index is -0.803. The van der Waals surface area contributed by atoms with Gasteiger partial charge in [0.2, 0.25) is 5.91 Å². The minimum Gasteiger partial charge on any atom is -0.398 e. The topological polar surface area (TPSA) is 55.1 Å². The minimum absolute atomic E-state index is 0.0422. The van der Waals surface area contributed by atoms with Crippen molar-refractivity contribution in [1.82, 2.24) is 0 Å². The molecule has 0 spiro atoms. The predicted molar refractivity (Wildman–Crippen MR) is 74.3 cm³/mol. The van der Waals surface area contributed by atoms with Crippen molar-refractivity contribution < 1.29 is 13.6 Å². The summed E-state index contributed by atoms with van der Waals surface area (Å²) in [7, 11) is 0. The van der Waals surface area contributed by atoms with E-state index in [1.165, 1.54) is 13.0 Å². The maximum absolute atomic E-state index is 13.8. The third-order valence-electron chi connectivity index (χ3n) is 2.95. The molecule has 0 aliphatic rings. The van der Waals surface area contributed by atoms with Crippen molar-refractivity contribution in [3.63, 3.8) is 0 Å². The number of aryl methyl sites for hydroxylation is 1. The van der Waals surface area contributed by atoms with Crippen LogP contribution in [-0.4, -0.2) is 5.91 Å². The summed E-state index contributed by atoms with van der Waals surface area (Å²) >= 11 is 0. The molecule has 2 rings (SSSR count). The summed E-state index contributed by atoms with van der Waals surface area (Å²) in [5.74, 6) is -2.09. The van der Waals surface area contributed by atoms with Gasteiger partial charge in [0.05, 0.1) is 6.42 Å². The summed E-state index contributed by atoms with van der Waals surface area (Å²) in [4.78, 5) is 11.8. The Labute approximate surface area is 115 Å². The molecule has 0 aromatic heterocycles. The van der Waals surface area contributed by atoms with Crippen LogP contribution in [0.1, 0.15) is 11.1 Å². The van der Waals surface area contributed by atoms with Crippen LogP contribution in [0.5, 0.6) is 0 Å². The van der Waals surface area contributed by atoms with Gasteiger partial charge >= 0.3 is 0 Å². The highest BCUT2D eigenvalue weighted by molar-refractivity contribution is 5.93. The maximum atomic E-state index is 13.8. The van der Waals surface area contributed by atoms with Crippen molar-refractivity contribution in [2.75, 3.05) is 11.1 Å². The molecule has 0 saturated heterocycles. The first-order chi connectivity index (χ1) is 9.49. The van der Waals surface area contributed by atoms with E-state index >= 15 is 0 Å². The molecule has 0 aliphatic heterocycles. The van der Waals surface area contributed by atoms with E-state index in [-0.39, 0.29) is 12.0 Å². The summed E-state index contributed by atoms with van der Waals surface area (Å²) in [5, 5.41) is 2.25. The number of anilines is 2. The zero-order valence-electron chi connectivity index (χ0n) is 10.9. The van der Waals surface area contributed by atoms with Gasteiger partial charge in [-0.05, 0) is 30.2 Å². The van der Waals surface area contributed by atoms with Gasteiger partial charge in [-0.15, -0.1) is 0 Å². The molecule has 0 saturated carbocycles. The molecule has 0 atom stereocenters. The lowest BCUT2D eigenvalue weighted by Crippen LogP contribution is -2.17. The van der Waals surface area contributed by atoms with E-state index in [1.807, 2.05) is 0 Å². The van der Waals surface area contributed by atoms with Crippen LogP contribution in [0.3, 0.4) is 0 Å². The van der Waals surface area contributed by atoms with Crippen LogP contribution in [0.15, 0.2) is 36.4 Å². The lowest BCUT2D eigenvalue weighted by atomic mass is 10.1. The maximum Gasteiger partial charge on any atom is 0.229 e. The largest absolute Gasteiger partial charge is 0.398 e. The average molecular weight is 276 g/mol. The number of benzene rings is 2. The Morgan fingerprint density at radius 2 is 1.90 bits per heavy atom. The van der Waals surface area contributed by atoms with Crippen LogP contribution in [0.4, 0.5) is 20.2 Å². The molecule has 0 aliphatic carbocycles. The van der Waals surface area contributed by atoms with Crippen molar-refractivity contribution in [3.8, 4) is 0 Å². The molecule has 1 amide bonds. The standard InChI is InChI=1S/C15H14F2N2O/c1-9-6-7-11(16)15(14(9)17)19-13(20)8-10-4-2-3-5-12(10)18/h2-7H,8,18H2,1H3,(H,19,20). The Morgan fingerprint density at radius 1 is 1.20 bits per heavy atom. The molecule has 20 heavy (non-hydrogen) atoms. The first-order valence-electron chi connectivity index (χ1n) is 6.07. The predicted octanol–water partition coefficient (Wildman–Crippen LogP) is 3.04. The van der Waals surface area contributed by atoms with E-state index in [0.717, 1.165) is 6.07 Å². The van der Waals surface area contributed by atoms with Gasteiger partial charge in [0.15, 0.2) is 5.82 Å². The second-order valence-corrected chi connectivity index (χ2v) is 4.48. The van der Waals surface area contributed by atoms with E-state index < -0.39 is 23.2 Å². The third kappa shape index (κ3) is 2.93. The van der Waals surface area contributed by atoms with Crippen LogP contribution in [0.2, 0.25) is 0 Å². The summed E-state index contributed by atoms with van der Waals surface area (Å²) in [6, 6.07) is 9.28. The molecule has 0 fully saturated rings. The normalized spacial score (nSPS) is 10.3. The van der Waals surface area contributed by atoms with Crippen molar-refractivity contribution in [2.45, 2.75) is 13.3 Å². The first kappa shape index (κ1) is 14.0. The van der Waals surface area contributed by atoms with Gasteiger partial charge in [-0.2, -0.15) is 0 Å². The van der Waals surface area contributed by atoms with E-state index in [9.17, 15) is 13.6 Å². The van der Waals surface area contributed by atoms with Crippen LogP contribution in [0.25, 0.3) is 0 Å². The third-order valence-corrected chi connectivity index (χ3v) is 2.95. The SMILES string of the molecule is Cc1ccc(F)c(NC(=O)Cc2ccccc2N)c1F. The molecule has 0 radical (unpaired) electrons. The van der Waals surface area contributed by atoms with E-state index in [4.69, 9.17) is 5.73 Å². The van der Waals surface area contributed by atoms with E-state index in [2.05, 4.69) is 5.32 Å².